The van der Waals surface area contributed by atoms with E-state index in [9.17, 15) is 14.0 Å². The van der Waals surface area contributed by atoms with Crippen LogP contribution in [0.1, 0.15) is 5.56 Å². The summed E-state index contributed by atoms with van der Waals surface area (Å²) in [4.78, 5) is 28.4. The number of amides is 2. The number of hydrogen-bond donors (Lipinski definition) is 2. The van der Waals surface area contributed by atoms with E-state index in [1.54, 1.807) is 18.2 Å². The van der Waals surface area contributed by atoms with Crippen molar-refractivity contribution >= 4 is 23.2 Å². The lowest BCUT2D eigenvalue weighted by molar-refractivity contribution is -0.125. The Kier molecular flexibility index (Phi) is 7.24. The molecule has 0 aliphatic carbocycles. The van der Waals surface area contributed by atoms with Gasteiger partial charge >= 0.3 is 0 Å². The van der Waals surface area contributed by atoms with Gasteiger partial charge in [0.1, 0.15) is 11.6 Å². The van der Waals surface area contributed by atoms with Gasteiger partial charge in [0.2, 0.25) is 11.8 Å². The third kappa shape index (κ3) is 5.70. The van der Waals surface area contributed by atoms with Gasteiger partial charge in [-0.2, -0.15) is 0 Å². The van der Waals surface area contributed by atoms with Crippen molar-refractivity contribution in [2.75, 3.05) is 56.6 Å². The second-order valence-electron chi connectivity index (χ2n) is 7.24. The number of nitrogens with zero attached hydrogens (tertiary/aromatic N) is 2. The first-order valence-corrected chi connectivity index (χ1v) is 9.89. The van der Waals surface area contributed by atoms with Crippen molar-refractivity contribution < 1.29 is 18.7 Å². The van der Waals surface area contributed by atoms with Crippen LogP contribution in [-0.2, 0) is 9.59 Å². The maximum Gasteiger partial charge on any atom is 0.243 e. The minimum absolute atomic E-state index is 0.120. The quantitative estimate of drug-likeness (QED) is 0.725. The van der Waals surface area contributed by atoms with Gasteiger partial charge in [0.25, 0.3) is 0 Å². The molecule has 0 radical (unpaired) electrons. The molecule has 8 heteroatoms. The van der Waals surface area contributed by atoms with E-state index in [1.807, 2.05) is 34.9 Å². The van der Waals surface area contributed by atoms with Gasteiger partial charge in [-0.05, 0) is 36.8 Å². The largest absolute Gasteiger partial charge is 0.495 e. The zero-order chi connectivity index (χ0) is 21.5. The number of rotatable bonds is 7. The summed E-state index contributed by atoms with van der Waals surface area (Å²) in [5.41, 5.74) is 2.15. The predicted octanol–water partition coefficient (Wildman–Crippen LogP) is 2.02. The number of hydrogen-bond acceptors (Lipinski definition) is 5. The first-order chi connectivity index (χ1) is 14.5. The third-order valence-corrected chi connectivity index (χ3v) is 5.01. The highest BCUT2D eigenvalue weighted by Gasteiger charge is 2.21. The van der Waals surface area contributed by atoms with Crippen molar-refractivity contribution in [1.82, 2.24) is 10.2 Å². The molecule has 0 spiro atoms. The molecule has 0 unspecified atom stereocenters. The van der Waals surface area contributed by atoms with Gasteiger partial charge in [0.15, 0.2) is 0 Å². The summed E-state index contributed by atoms with van der Waals surface area (Å²) >= 11 is 0. The maximum atomic E-state index is 13.9. The zero-order valence-corrected chi connectivity index (χ0v) is 17.3. The first kappa shape index (κ1) is 21.6. The third-order valence-electron chi connectivity index (χ3n) is 5.01. The van der Waals surface area contributed by atoms with Crippen molar-refractivity contribution in [2.45, 2.75) is 6.92 Å². The van der Waals surface area contributed by atoms with Crippen molar-refractivity contribution in [3.05, 3.63) is 53.8 Å². The summed E-state index contributed by atoms with van der Waals surface area (Å²) in [6.07, 6.45) is 0. The Bertz CT molecular complexity index is 898. The van der Waals surface area contributed by atoms with Crippen molar-refractivity contribution in [2.24, 2.45) is 0 Å². The Balaban J connectivity index is 1.42. The minimum Gasteiger partial charge on any atom is -0.495 e. The van der Waals surface area contributed by atoms with E-state index in [0.29, 0.717) is 43.3 Å². The summed E-state index contributed by atoms with van der Waals surface area (Å²) in [5, 5.41) is 5.40. The van der Waals surface area contributed by atoms with E-state index < -0.39 is 0 Å². The van der Waals surface area contributed by atoms with Crippen LogP contribution < -0.4 is 20.3 Å². The molecule has 0 atom stereocenters. The molecular formula is C22H27FN4O3. The van der Waals surface area contributed by atoms with Crippen LogP contribution in [0.3, 0.4) is 0 Å². The van der Waals surface area contributed by atoms with Crippen LogP contribution in [0.4, 0.5) is 15.8 Å². The summed E-state index contributed by atoms with van der Waals surface area (Å²) < 4.78 is 19.2. The molecular weight excluding hydrogens is 387 g/mol. The summed E-state index contributed by atoms with van der Waals surface area (Å²) in [7, 11) is 1.54. The predicted molar refractivity (Wildman–Crippen MR) is 114 cm³/mol. The molecule has 7 nitrogen and oxygen atoms in total. The Morgan fingerprint density at radius 3 is 2.50 bits per heavy atom. The fourth-order valence-corrected chi connectivity index (χ4v) is 3.41. The Morgan fingerprint density at radius 2 is 1.80 bits per heavy atom. The number of methoxy groups -OCH3 is 1. The molecule has 2 amide bonds. The number of carbonyl (C=O) groups is 2. The monoisotopic (exact) mass is 414 g/mol. The first-order valence-electron chi connectivity index (χ1n) is 9.89. The molecule has 0 bridgehead atoms. The Hall–Kier alpha value is -3.13. The second kappa shape index (κ2) is 10.1. The van der Waals surface area contributed by atoms with Gasteiger partial charge < -0.3 is 20.3 Å². The lowest BCUT2D eigenvalue weighted by Gasteiger charge is -2.35. The number of aryl methyl sites for hydroxylation is 1. The number of carbonyl (C=O) groups excluding carboxylic acids is 2. The molecule has 1 aliphatic heterocycles. The van der Waals surface area contributed by atoms with Crippen LogP contribution in [0, 0.1) is 12.7 Å². The van der Waals surface area contributed by atoms with Crippen LogP contribution in [0.25, 0.3) is 0 Å². The van der Waals surface area contributed by atoms with Gasteiger partial charge in [0, 0.05) is 26.2 Å². The number of nitrogens with one attached hydrogen (secondary N) is 2. The Labute approximate surface area is 175 Å². The van der Waals surface area contributed by atoms with Gasteiger partial charge in [-0.15, -0.1) is 0 Å². The minimum atomic E-state index is -0.323. The normalized spacial score (nSPS) is 14.3. The van der Waals surface area contributed by atoms with E-state index in [0.717, 1.165) is 5.56 Å². The van der Waals surface area contributed by atoms with E-state index >= 15 is 0 Å². The van der Waals surface area contributed by atoms with Crippen molar-refractivity contribution in [3.8, 4) is 5.75 Å². The van der Waals surface area contributed by atoms with Gasteiger partial charge in [-0.1, -0.05) is 18.2 Å². The summed E-state index contributed by atoms with van der Waals surface area (Å²) in [6, 6.07) is 12.2. The van der Waals surface area contributed by atoms with Crippen LogP contribution in [-0.4, -0.2) is 63.1 Å². The highest BCUT2D eigenvalue weighted by atomic mass is 19.1. The Morgan fingerprint density at radius 1 is 1.07 bits per heavy atom. The highest BCUT2D eigenvalue weighted by Crippen LogP contribution is 2.25. The van der Waals surface area contributed by atoms with Gasteiger partial charge in [0.05, 0.1) is 31.6 Å². The number of para-hydroxylation sites is 1. The molecule has 0 saturated carbocycles. The topological polar surface area (TPSA) is 73.9 Å². The number of halogens is 1. The van der Waals surface area contributed by atoms with E-state index in [-0.39, 0.29) is 30.7 Å². The highest BCUT2D eigenvalue weighted by molar-refractivity contribution is 5.96. The summed E-state index contributed by atoms with van der Waals surface area (Å²) in [6.45, 7) is 4.58. The molecule has 2 N–H and O–H groups in total. The average molecular weight is 414 g/mol. The van der Waals surface area contributed by atoms with Crippen LogP contribution >= 0.6 is 0 Å². The molecule has 1 saturated heterocycles. The average Bonchev–Trinajstić information content (AvgIpc) is 2.73. The molecule has 30 heavy (non-hydrogen) atoms. The van der Waals surface area contributed by atoms with Crippen LogP contribution in [0.15, 0.2) is 42.5 Å². The molecule has 1 heterocycles. The van der Waals surface area contributed by atoms with E-state index in [4.69, 9.17) is 4.74 Å². The number of anilines is 2. The molecule has 2 aromatic carbocycles. The molecule has 2 aromatic rings. The van der Waals surface area contributed by atoms with Gasteiger partial charge in [-0.25, -0.2) is 4.39 Å². The zero-order valence-electron chi connectivity index (χ0n) is 17.3. The second-order valence-corrected chi connectivity index (χ2v) is 7.24. The van der Waals surface area contributed by atoms with Crippen LogP contribution in [0.5, 0.6) is 5.75 Å². The summed E-state index contributed by atoms with van der Waals surface area (Å²) in [5.74, 6) is -0.217. The standard InChI is InChI=1S/C22H27FN4O3/c1-16-7-8-20(30-2)18(13-16)25-21(28)14-24-22(29)15-26-9-11-27(12-10-26)19-6-4-3-5-17(19)23/h3-8,13H,9-12,14-15H2,1-2H3,(H,24,29)(H,25,28). The van der Waals surface area contributed by atoms with E-state index in [1.165, 1.54) is 13.2 Å². The lowest BCUT2D eigenvalue weighted by atomic mass is 10.2. The fraction of sp³-hybridized carbons (Fsp3) is 0.364. The van der Waals surface area contributed by atoms with E-state index in [2.05, 4.69) is 10.6 Å². The smallest absolute Gasteiger partial charge is 0.243 e. The number of benzene rings is 2. The number of ether oxygens (including phenoxy) is 1. The fourth-order valence-electron chi connectivity index (χ4n) is 3.41. The molecule has 3 rings (SSSR count). The maximum absolute atomic E-state index is 13.9. The van der Waals surface area contributed by atoms with Crippen molar-refractivity contribution in [3.63, 3.8) is 0 Å². The SMILES string of the molecule is COc1ccc(C)cc1NC(=O)CNC(=O)CN1CCN(c2ccccc2F)CC1. The van der Waals surface area contributed by atoms with Gasteiger partial charge in [-0.3, -0.25) is 14.5 Å². The molecule has 1 aliphatic rings. The van der Waals surface area contributed by atoms with Crippen LogP contribution in [0.2, 0.25) is 0 Å². The molecule has 160 valence electrons. The molecule has 0 aromatic heterocycles. The van der Waals surface area contributed by atoms with Crippen molar-refractivity contribution in [1.29, 1.82) is 0 Å². The number of piperazine rings is 1. The molecule has 1 fully saturated rings. The lowest BCUT2D eigenvalue weighted by Crippen LogP contribution is -2.50.